The van der Waals surface area contributed by atoms with Crippen molar-refractivity contribution in [2.45, 2.75) is 31.1 Å². The number of ether oxygens (including phenoxy) is 1. The third kappa shape index (κ3) is 10.1. The Bertz CT molecular complexity index is 690. The van der Waals surface area contributed by atoms with Crippen molar-refractivity contribution >= 4 is 25.9 Å². The summed E-state index contributed by atoms with van der Waals surface area (Å²) in [5, 5.41) is 8.10. The second-order valence-electron chi connectivity index (χ2n) is 6.69. The molecule has 2 aliphatic rings. The van der Waals surface area contributed by atoms with Gasteiger partial charge in [-0.15, -0.1) is 0 Å². The topological polar surface area (TPSA) is 63.6 Å². The molecule has 1 aromatic carbocycles. The van der Waals surface area contributed by atoms with Crippen molar-refractivity contribution in [1.82, 2.24) is 0 Å². The summed E-state index contributed by atoms with van der Waals surface area (Å²) < 4.78 is 76.6. The molecule has 4 nitrogen and oxygen atoms in total. The van der Waals surface area contributed by atoms with Crippen LogP contribution in [0.1, 0.15) is 18.4 Å². The van der Waals surface area contributed by atoms with Crippen molar-refractivity contribution in [3.63, 3.8) is 0 Å². The first kappa shape index (κ1) is 30.1. The first-order valence-electron chi connectivity index (χ1n) is 8.24. The maximum absolute atomic E-state index is 12.3. The van der Waals surface area contributed by atoms with E-state index in [4.69, 9.17) is 9.84 Å². The molecule has 0 aliphatic heterocycles. The first-order valence-corrected chi connectivity index (χ1v) is 8.24. The molecule has 0 amide bonds. The van der Waals surface area contributed by atoms with E-state index in [0.717, 1.165) is 5.56 Å². The van der Waals surface area contributed by atoms with E-state index in [1.807, 2.05) is 6.07 Å². The second-order valence-corrected chi connectivity index (χ2v) is 6.69. The van der Waals surface area contributed by atoms with Gasteiger partial charge in [-0.25, -0.2) is 0 Å². The number of carbonyl (C=O) groups is 2. The maximum atomic E-state index is 12.3. The summed E-state index contributed by atoms with van der Waals surface area (Å²) in [5.41, 5.74) is 0.774. The summed E-state index contributed by atoms with van der Waals surface area (Å²) in [4.78, 5) is 21.3. The van der Waals surface area contributed by atoms with Crippen LogP contribution in [0.3, 0.4) is 0 Å². The Labute approximate surface area is 248 Å². The van der Waals surface area contributed by atoms with Gasteiger partial charge in [0.2, 0.25) is 0 Å². The van der Waals surface area contributed by atoms with E-state index in [9.17, 15) is 35.5 Å². The number of carboxylic acid groups (broad SMARTS) is 1. The van der Waals surface area contributed by atoms with Gasteiger partial charge in [-0.1, -0.05) is 54.8 Å². The van der Waals surface area contributed by atoms with Gasteiger partial charge in [0.1, 0.15) is 6.61 Å². The van der Waals surface area contributed by atoms with Crippen molar-refractivity contribution < 1.29 is 148 Å². The smallest absolute Gasteiger partial charge is 0.481 e. The molecule has 1 aromatic rings. The normalized spacial score (nSPS) is 24.6. The zero-order valence-electron chi connectivity index (χ0n) is 15.9. The zero-order chi connectivity index (χ0) is 20.4. The van der Waals surface area contributed by atoms with E-state index in [-0.39, 0.29) is 122 Å². The summed E-state index contributed by atoms with van der Waals surface area (Å²) in [6.07, 6.45) is -0.337. The van der Waals surface area contributed by atoms with E-state index in [0.29, 0.717) is 0 Å². The van der Waals surface area contributed by atoms with Crippen LogP contribution in [0.4, 0.5) is 25.9 Å². The molecule has 0 saturated heterocycles. The number of esters is 1. The van der Waals surface area contributed by atoms with Gasteiger partial charge in [0.05, 0.1) is 0 Å². The van der Waals surface area contributed by atoms with E-state index >= 15 is 0 Å². The van der Waals surface area contributed by atoms with Crippen molar-refractivity contribution in [3.8, 4) is 0 Å². The Hall–Kier alpha value is 1.14. The molecule has 2 unspecified atom stereocenters. The molecule has 3 rings (SSSR count). The SMILES string of the molecule is O=C(O)[C@H]1CC1[B-](F)(F)F.O=C(OCc1ccccc1)[C@H]1CC1[B-](F)(F)F.[K+].[K+]. The zero-order valence-corrected chi connectivity index (χ0v) is 22.2. The van der Waals surface area contributed by atoms with Crippen molar-refractivity contribution in [2.24, 2.45) is 11.8 Å². The van der Waals surface area contributed by atoms with Gasteiger partial charge in [0, 0.05) is 11.8 Å². The molecule has 1 N–H and O–H groups in total. The van der Waals surface area contributed by atoms with Crippen molar-refractivity contribution in [1.29, 1.82) is 0 Å². The molecule has 0 spiro atoms. The van der Waals surface area contributed by atoms with Gasteiger partial charge in [-0.3, -0.25) is 9.59 Å². The summed E-state index contributed by atoms with van der Waals surface area (Å²) in [5.74, 6) is -7.17. The minimum absolute atomic E-state index is 0. The molecule has 0 heterocycles. The molecular formula is C15H16B2F6K2O4. The Kier molecular flexibility index (Phi) is 12.9. The molecule has 2 fully saturated rings. The van der Waals surface area contributed by atoms with Gasteiger partial charge in [-0.05, 0) is 5.56 Å². The average molecular weight is 474 g/mol. The number of carboxylic acids is 1. The van der Waals surface area contributed by atoms with Crippen LogP contribution in [0.2, 0.25) is 11.6 Å². The van der Waals surface area contributed by atoms with Crippen LogP contribution in [-0.4, -0.2) is 31.0 Å². The minimum atomic E-state index is -4.91. The van der Waals surface area contributed by atoms with Gasteiger partial charge in [0.25, 0.3) is 0 Å². The molecule has 14 heteroatoms. The standard InChI is InChI=1S/C11H11BF3O2.C4H5BF3O2.2K/c13-12(14,15)10-6-9(10)11(16)17-7-8-4-2-1-3-5-8;6-5(7,8)3-1-2(3)4(9)10;;/h1-5,9-10H,6-7H2;2-3H,1H2,(H,9,10);;/q2*-1;2*+1/t9-,10?;2-,3?;;/m00../s1. The van der Waals surface area contributed by atoms with Crippen molar-refractivity contribution in [2.75, 3.05) is 0 Å². The third-order valence-corrected chi connectivity index (χ3v) is 4.49. The predicted octanol–water partition coefficient (Wildman–Crippen LogP) is -1.72. The third-order valence-electron chi connectivity index (χ3n) is 4.49. The van der Waals surface area contributed by atoms with E-state index in [1.165, 1.54) is 0 Å². The fourth-order valence-electron chi connectivity index (χ4n) is 2.66. The molecule has 29 heavy (non-hydrogen) atoms. The molecule has 0 radical (unpaired) electrons. The summed E-state index contributed by atoms with van der Waals surface area (Å²) in [7, 11) is 0. The Morgan fingerprint density at radius 2 is 1.34 bits per heavy atom. The van der Waals surface area contributed by atoms with Crippen LogP contribution in [0, 0.1) is 11.8 Å². The number of carbonyl (C=O) groups excluding carboxylic acids is 1. The number of benzene rings is 1. The molecular weight excluding hydrogens is 458 g/mol. The van der Waals surface area contributed by atoms with Gasteiger partial charge >= 0.3 is 129 Å². The minimum Gasteiger partial charge on any atom is -0.481 e. The van der Waals surface area contributed by atoms with Crippen LogP contribution in [0.25, 0.3) is 0 Å². The fourth-order valence-corrected chi connectivity index (χ4v) is 2.66. The Balaban J connectivity index is 0.000000567. The van der Waals surface area contributed by atoms with E-state index in [2.05, 4.69) is 0 Å². The molecule has 0 aromatic heterocycles. The van der Waals surface area contributed by atoms with Crippen LogP contribution in [-0.2, 0) is 20.9 Å². The van der Waals surface area contributed by atoms with Gasteiger partial charge in [-0.2, -0.15) is 0 Å². The van der Waals surface area contributed by atoms with Crippen LogP contribution in [0.5, 0.6) is 0 Å². The van der Waals surface area contributed by atoms with E-state index < -0.39 is 49.4 Å². The molecule has 0 bridgehead atoms. The van der Waals surface area contributed by atoms with Gasteiger partial charge in [0.15, 0.2) is 0 Å². The predicted molar refractivity (Wildman–Crippen MR) is 85.7 cm³/mol. The average Bonchev–Trinajstić information content (AvgIpc) is 3.44. The van der Waals surface area contributed by atoms with Crippen LogP contribution >= 0.6 is 0 Å². The number of aliphatic carboxylic acids is 1. The monoisotopic (exact) mass is 474 g/mol. The Morgan fingerprint density at radius 3 is 1.69 bits per heavy atom. The number of hydrogen-bond donors (Lipinski definition) is 1. The number of rotatable bonds is 6. The quantitative estimate of drug-likeness (QED) is 0.303. The van der Waals surface area contributed by atoms with E-state index in [1.54, 1.807) is 24.3 Å². The molecule has 150 valence electrons. The second kappa shape index (κ2) is 12.4. The van der Waals surface area contributed by atoms with Gasteiger partial charge < -0.3 is 35.7 Å². The summed E-state index contributed by atoms with van der Waals surface area (Å²) >= 11 is 0. The molecule has 2 saturated carbocycles. The fraction of sp³-hybridized carbons (Fsp3) is 0.467. The van der Waals surface area contributed by atoms with Crippen LogP contribution < -0.4 is 103 Å². The van der Waals surface area contributed by atoms with Crippen molar-refractivity contribution in [3.05, 3.63) is 35.9 Å². The Morgan fingerprint density at radius 1 is 0.897 bits per heavy atom. The number of hydrogen-bond acceptors (Lipinski definition) is 3. The molecule has 2 aliphatic carbocycles. The van der Waals surface area contributed by atoms with Crippen LogP contribution in [0.15, 0.2) is 30.3 Å². The summed E-state index contributed by atoms with van der Waals surface area (Å²) in [6, 6.07) is 8.88. The maximum Gasteiger partial charge on any atom is 1.00 e. The first-order chi connectivity index (χ1) is 12.4. The molecule has 4 atom stereocenters. The number of halogens is 6. The largest absolute Gasteiger partial charge is 1.00 e. The summed E-state index contributed by atoms with van der Waals surface area (Å²) in [6.45, 7) is -9.77.